The van der Waals surface area contributed by atoms with Gasteiger partial charge in [-0.25, -0.2) is 9.97 Å². The van der Waals surface area contributed by atoms with Crippen molar-refractivity contribution in [3.8, 4) is 0 Å². The molecule has 0 radical (unpaired) electrons. The molecule has 0 fully saturated rings. The van der Waals surface area contributed by atoms with Crippen molar-refractivity contribution in [2.75, 3.05) is 24.6 Å². The van der Waals surface area contributed by atoms with Gasteiger partial charge in [0.15, 0.2) is 0 Å². The van der Waals surface area contributed by atoms with Crippen LogP contribution < -0.4 is 4.90 Å². The zero-order valence-electron chi connectivity index (χ0n) is 8.70. The molecule has 1 heterocycles. The summed E-state index contributed by atoms with van der Waals surface area (Å²) in [6, 6.07) is 0.874. The van der Waals surface area contributed by atoms with Crippen LogP contribution in [-0.2, 0) is 6.18 Å². The number of hydrogen-bond acceptors (Lipinski definition) is 4. The molecule has 0 aromatic carbocycles. The van der Waals surface area contributed by atoms with Gasteiger partial charge < -0.3 is 10.0 Å². The number of anilines is 1. The molecule has 90 valence electrons. The van der Waals surface area contributed by atoms with Crippen LogP contribution in [0.4, 0.5) is 19.0 Å². The maximum absolute atomic E-state index is 12.4. The number of alkyl halides is 3. The van der Waals surface area contributed by atoms with Crippen molar-refractivity contribution in [3.05, 3.63) is 18.1 Å². The Labute approximate surface area is 90.7 Å². The summed E-state index contributed by atoms with van der Waals surface area (Å²) in [6.07, 6.45) is -3.60. The van der Waals surface area contributed by atoms with E-state index in [9.17, 15) is 13.2 Å². The van der Waals surface area contributed by atoms with Crippen molar-refractivity contribution >= 4 is 5.82 Å². The lowest BCUT2D eigenvalue weighted by Gasteiger charge is -2.21. The second-order valence-corrected chi connectivity index (χ2v) is 3.06. The van der Waals surface area contributed by atoms with E-state index in [1.54, 1.807) is 6.92 Å². The number of hydrogen-bond donors (Lipinski definition) is 1. The topological polar surface area (TPSA) is 49.2 Å². The molecule has 1 N–H and O–H groups in total. The van der Waals surface area contributed by atoms with Crippen molar-refractivity contribution in [1.82, 2.24) is 9.97 Å². The summed E-state index contributed by atoms with van der Waals surface area (Å²) in [5.41, 5.74) is -0.978. The van der Waals surface area contributed by atoms with Gasteiger partial charge in [-0.3, -0.25) is 0 Å². The summed E-state index contributed by atoms with van der Waals surface area (Å²) in [4.78, 5) is 8.45. The second-order valence-electron chi connectivity index (χ2n) is 3.06. The number of halogens is 3. The van der Waals surface area contributed by atoms with Crippen LogP contribution in [-0.4, -0.2) is 34.8 Å². The standard InChI is InChI=1S/C9H12F3N3O/c1-2-15(3-4-16)8-5-7(9(10,11)12)13-6-14-8/h5-6,16H,2-4H2,1H3. The molecular weight excluding hydrogens is 223 g/mol. The molecule has 4 nitrogen and oxygen atoms in total. The number of nitrogens with zero attached hydrogens (tertiary/aromatic N) is 3. The summed E-state index contributed by atoms with van der Waals surface area (Å²) < 4.78 is 37.1. The van der Waals surface area contributed by atoms with Crippen molar-refractivity contribution in [2.45, 2.75) is 13.1 Å². The summed E-state index contributed by atoms with van der Waals surface area (Å²) in [7, 11) is 0. The molecule has 7 heteroatoms. The van der Waals surface area contributed by atoms with E-state index >= 15 is 0 Å². The van der Waals surface area contributed by atoms with Gasteiger partial charge >= 0.3 is 6.18 Å². The molecular formula is C9H12F3N3O. The molecule has 0 aliphatic heterocycles. The Bertz CT molecular complexity index is 343. The van der Waals surface area contributed by atoms with E-state index in [1.165, 1.54) is 4.90 Å². The van der Waals surface area contributed by atoms with Crippen molar-refractivity contribution in [3.63, 3.8) is 0 Å². The summed E-state index contributed by atoms with van der Waals surface area (Å²) >= 11 is 0. The summed E-state index contributed by atoms with van der Waals surface area (Å²) in [5.74, 6) is 0.166. The largest absolute Gasteiger partial charge is 0.433 e. The minimum atomic E-state index is -4.48. The number of likely N-dealkylation sites (N-methyl/N-ethyl adjacent to an activating group) is 1. The zero-order chi connectivity index (χ0) is 12.2. The lowest BCUT2D eigenvalue weighted by Crippen LogP contribution is -2.27. The maximum Gasteiger partial charge on any atom is 0.433 e. The smallest absolute Gasteiger partial charge is 0.395 e. The Morgan fingerprint density at radius 1 is 1.38 bits per heavy atom. The van der Waals surface area contributed by atoms with E-state index in [0.29, 0.717) is 6.54 Å². The highest BCUT2D eigenvalue weighted by Gasteiger charge is 2.33. The highest BCUT2D eigenvalue weighted by molar-refractivity contribution is 5.39. The van der Waals surface area contributed by atoms with Gasteiger partial charge in [0.1, 0.15) is 17.8 Å². The lowest BCUT2D eigenvalue weighted by molar-refractivity contribution is -0.141. The van der Waals surface area contributed by atoms with Gasteiger partial charge in [0.2, 0.25) is 0 Å². The Balaban J connectivity index is 2.97. The van der Waals surface area contributed by atoms with Gasteiger partial charge in [0.25, 0.3) is 0 Å². The molecule has 0 saturated heterocycles. The molecule has 0 aliphatic carbocycles. The number of aliphatic hydroxyl groups excluding tert-OH is 1. The highest BCUT2D eigenvalue weighted by Crippen LogP contribution is 2.28. The molecule has 0 saturated carbocycles. The fourth-order valence-electron chi connectivity index (χ4n) is 1.23. The zero-order valence-corrected chi connectivity index (χ0v) is 8.70. The third-order valence-corrected chi connectivity index (χ3v) is 2.02. The molecule has 0 atom stereocenters. The van der Waals surface area contributed by atoms with Crippen LogP contribution in [0.15, 0.2) is 12.4 Å². The SMILES string of the molecule is CCN(CCO)c1cc(C(F)(F)F)ncn1. The maximum atomic E-state index is 12.4. The fourth-order valence-corrected chi connectivity index (χ4v) is 1.23. The minimum absolute atomic E-state index is 0.140. The first kappa shape index (κ1) is 12.7. The van der Waals surface area contributed by atoms with Crippen molar-refractivity contribution < 1.29 is 18.3 Å². The van der Waals surface area contributed by atoms with E-state index in [-0.39, 0.29) is 19.0 Å². The number of rotatable bonds is 4. The molecule has 1 rings (SSSR count). The van der Waals surface area contributed by atoms with Crippen LogP contribution in [0.25, 0.3) is 0 Å². The first-order chi connectivity index (χ1) is 7.49. The van der Waals surface area contributed by atoms with Gasteiger partial charge in [-0.15, -0.1) is 0 Å². The number of aromatic nitrogens is 2. The first-order valence-electron chi connectivity index (χ1n) is 4.74. The van der Waals surface area contributed by atoms with Gasteiger partial charge in [-0.05, 0) is 6.92 Å². The quantitative estimate of drug-likeness (QED) is 0.855. The van der Waals surface area contributed by atoms with Crippen molar-refractivity contribution in [1.29, 1.82) is 0 Å². The van der Waals surface area contributed by atoms with Crippen LogP contribution in [0.2, 0.25) is 0 Å². The van der Waals surface area contributed by atoms with Gasteiger partial charge in [0.05, 0.1) is 6.61 Å². The fraction of sp³-hybridized carbons (Fsp3) is 0.556. The van der Waals surface area contributed by atoms with Gasteiger partial charge in [-0.1, -0.05) is 0 Å². The van der Waals surface area contributed by atoms with E-state index in [1.807, 2.05) is 0 Å². The predicted octanol–water partition coefficient (Wildman–Crippen LogP) is 1.31. The van der Waals surface area contributed by atoms with Crippen LogP contribution in [0.5, 0.6) is 0 Å². The van der Waals surface area contributed by atoms with E-state index in [4.69, 9.17) is 5.11 Å². The second kappa shape index (κ2) is 5.11. The summed E-state index contributed by atoms with van der Waals surface area (Å²) in [5, 5.41) is 8.75. The van der Waals surface area contributed by atoms with Gasteiger partial charge in [-0.2, -0.15) is 13.2 Å². The molecule has 1 aromatic rings. The first-order valence-corrected chi connectivity index (χ1v) is 4.74. The van der Waals surface area contributed by atoms with Crippen LogP contribution in [0.3, 0.4) is 0 Å². The van der Waals surface area contributed by atoms with Crippen LogP contribution in [0, 0.1) is 0 Å². The molecule has 0 spiro atoms. The monoisotopic (exact) mass is 235 g/mol. The molecule has 1 aromatic heterocycles. The van der Waals surface area contributed by atoms with E-state index < -0.39 is 11.9 Å². The Hall–Kier alpha value is -1.37. The van der Waals surface area contributed by atoms with Crippen LogP contribution in [0.1, 0.15) is 12.6 Å². The molecule has 0 amide bonds. The van der Waals surface area contributed by atoms with E-state index in [0.717, 1.165) is 12.4 Å². The molecule has 16 heavy (non-hydrogen) atoms. The average molecular weight is 235 g/mol. The molecule has 0 aliphatic rings. The number of aliphatic hydroxyl groups is 1. The third kappa shape index (κ3) is 3.06. The normalized spacial score (nSPS) is 11.6. The third-order valence-electron chi connectivity index (χ3n) is 2.02. The highest BCUT2D eigenvalue weighted by atomic mass is 19.4. The van der Waals surface area contributed by atoms with Gasteiger partial charge in [0, 0.05) is 19.2 Å². The lowest BCUT2D eigenvalue weighted by atomic mass is 10.3. The Kier molecular flexibility index (Phi) is 4.05. The Morgan fingerprint density at radius 3 is 2.56 bits per heavy atom. The molecule has 0 bridgehead atoms. The van der Waals surface area contributed by atoms with E-state index in [2.05, 4.69) is 9.97 Å². The molecule has 0 unspecified atom stereocenters. The Morgan fingerprint density at radius 2 is 2.06 bits per heavy atom. The predicted molar refractivity (Wildman–Crippen MR) is 52.0 cm³/mol. The van der Waals surface area contributed by atoms with Crippen molar-refractivity contribution in [2.24, 2.45) is 0 Å². The minimum Gasteiger partial charge on any atom is -0.395 e. The summed E-state index contributed by atoms with van der Waals surface area (Å²) in [6.45, 7) is 2.34. The average Bonchev–Trinajstić information content (AvgIpc) is 2.25. The van der Waals surface area contributed by atoms with Crippen LogP contribution >= 0.6 is 0 Å².